The van der Waals surface area contributed by atoms with Crippen molar-refractivity contribution in [3.63, 3.8) is 0 Å². The van der Waals surface area contributed by atoms with E-state index in [2.05, 4.69) is 122 Å². The molecule has 0 atom stereocenters. The summed E-state index contributed by atoms with van der Waals surface area (Å²) in [6, 6.07) is 80.5. The van der Waals surface area contributed by atoms with E-state index >= 15 is 0 Å². The second-order valence-corrected chi connectivity index (χ2v) is 16.8. The molecular formula is C62H37N9. The van der Waals surface area contributed by atoms with Gasteiger partial charge in [-0.1, -0.05) is 72.8 Å². The molecule has 0 unspecified atom stereocenters. The van der Waals surface area contributed by atoms with Crippen LogP contribution >= 0.6 is 0 Å². The number of hydrogen-bond acceptors (Lipinski definition) is 7. The molecule has 0 N–H and O–H groups in total. The van der Waals surface area contributed by atoms with Crippen molar-refractivity contribution in [3.8, 4) is 57.8 Å². The summed E-state index contributed by atoms with van der Waals surface area (Å²) in [4.78, 5) is 18.1. The molecule has 9 heteroatoms. The number of hydrogen-bond donors (Lipinski definition) is 0. The average Bonchev–Trinajstić information content (AvgIpc) is 3.77. The van der Waals surface area contributed by atoms with Crippen LogP contribution in [-0.4, -0.2) is 14.5 Å². The van der Waals surface area contributed by atoms with Crippen LogP contribution in [0, 0.1) is 40.6 Å². The Hall–Kier alpha value is -10.6. The molecule has 9 nitrogen and oxygen atoms in total. The van der Waals surface area contributed by atoms with Gasteiger partial charge in [-0.05, 0) is 152 Å². The lowest BCUT2D eigenvalue weighted by Gasteiger charge is -2.26. The summed E-state index contributed by atoms with van der Waals surface area (Å²) in [6.45, 7) is 7.60. The van der Waals surface area contributed by atoms with Crippen LogP contribution in [0.1, 0.15) is 16.7 Å². The van der Waals surface area contributed by atoms with Gasteiger partial charge in [0.2, 0.25) is 0 Å². The summed E-state index contributed by atoms with van der Waals surface area (Å²) in [7, 11) is 0. The van der Waals surface area contributed by atoms with Crippen molar-refractivity contribution in [1.82, 2.24) is 14.5 Å². The molecule has 0 radical (unpaired) electrons. The van der Waals surface area contributed by atoms with Crippen molar-refractivity contribution in [1.29, 1.82) is 15.8 Å². The van der Waals surface area contributed by atoms with Gasteiger partial charge in [-0.25, -0.2) is 14.8 Å². The number of aromatic nitrogens is 3. The lowest BCUT2D eigenvalue weighted by Crippen LogP contribution is -2.09. The predicted molar refractivity (Wildman–Crippen MR) is 282 cm³/mol. The molecule has 2 heterocycles. The van der Waals surface area contributed by atoms with E-state index < -0.39 is 0 Å². The van der Waals surface area contributed by atoms with Crippen molar-refractivity contribution in [3.05, 3.63) is 253 Å². The molecule has 2 aromatic heterocycles. The van der Waals surface area contributed by atoms with Gasteiger partial charge in [0, 0.05) is 67.3 Å². The van der Waals surface area contributed by atoms with E-state index in [1.54, 1.807) is 24.3 Å². The van der Waals surface area contributed by atoms with Crippen LogP contribution in [0.15, 0.2) is 224 Å². The molecule has 71 heavy (non-hydrogen) atoms. The fourth-order valence-electron chi connectivity index (χ4n) is 9.03. The summed E-state index contributed by atoms with van der Waals surface area (Å²) in [6.07, 6.45) is 0. The zero-order valence-electron chi connectivity index (χ0n) is 37.9. The second kappa shape index (κ2) is 18.6. The largest absolute Gasteiger partial charge is 0.311 e. The third-order valence-corrected chi connectivity index (χ3v) is 12.5. The lowest BCUT2D eigenvalue weighted by atomic mass is 10.0. The van der Waals surface area contributed by atoms with Crippen molar-refractivity contribution < 1.29 is 0 Å². The SMILES string of the molecule is [C-]#[N+]c1ccc(N(c2ccccc2)c2ccc3c(c2)c2cc(N(c4ccccc4)c4ccc(C#N)cc4)ccc2n3-c2ccc(-c3cc(-c4ccc(C#N)cc4)nc(-c4ccc(C#N)cc4)n3)cc2)cc1. The van der Waals surface area contributed by atoms with Crippen LogP contribution in [-0.2, 0) is 0 Å². The molecule has 0 saturated carbocycles. The molecule has 0 aliphatic heterocycles. The van der Waals surface area contributed by atoms with Crippen LogP contribution in [0.5, 0.6) is 0 Å². The van der Waals surface area contributed by atoms with Gasteiger partial charge in [0.05, 0.1) is 63.9 Å². The topological polar surface area (TPSA) is 113 Å². The van der Waals surface area contributed by atoms with E-state index in [0.717, 1.165) is 84.0 Å². The summed E-state index contributed by atoms with van der Waals surface area (Å²) >= 11 is 0. The van der Waals surface area contributed by atoms with E-state index in [1.807, 2.05) is 115 Å². The van der Waals surface area contributed by atoms with Crippen LogP contribution < -0.4 is 9.80 Å². The Kier molecular flexibility index (Phi) is 11.3. The average molecular weight is 908 g/mol. The zero-order chi connectivity index (χ0) is 48.3. The first-order valence-corrected chi connectivity index (χ1v) is 22.8. The molecule has 0 aliphatic carbocycles. The summed E-state index contributed by atoms with van der Waals surface area (Å²) in [5.41, 5.74) is 14.8. The highest BCUT2D eigenvalue weighted by atomic mass is 15.1. The quantitative estimate of drug-likeness (QED) is 0.126. The Morgan fingerprint density at radius 2 is 0.775 bits per heavy atom. The number of fused-ring (bicyclic) bond motifs is 3. The van der Waals surface area contributed by atoms with Crippen LogP contribution in [0.4, 0.5) is 39.8 Å². The molecule has 0 saturated heterocycles. The molecule has 11 rings (SSSR count). The molecule has 0 bridgehead atoms. The molecule has 11 aromatic rings. The molecule has 0 aliphatic rings. The number of para-hydroxylation sites is 2. The van der Waals surface area contributed by atoms with Gasteiger partial charge < -0.3 is 14.4 Å². The van der Waals surface area contributed by atoms with Crippen molar-refractivity contribution in [2.75, 3.05) is 9.80 Å². The fourth-order valence-corrected chi connectivity index (χ4v) is 9.03. The minimum atomic E-state index is 0.516. The number of rotatable bonds is 10. The Labute approximate surface area is 410 Å². The van der Waals surface area contributed by atoms with Crippen molar-refractivity contribution in [2.24, 2.45) is 0 Å². The van der Waals surface area contributed by atoms with E-state index in [0.29, 0.717) is 33.9 Å². The van der Waals surface area contributed by atoms with Gasteiger partial charge in [0.15, 0.2) is 11.5 Å². The maximum atomic E-state index is 9.65. The maximum Gasteiger partial charge on any atom is 0.187 e. The third kappa shape index (κ3) is 8.32. The lowest BCUT2D eigenvalue weighted by molar-refractivity contribution is 1.17. The van der Waals surface area contributed by atoms with Crippen molar-refractivity contribution in [2.45, 2.75) is 0 Å². The highest BCUT2D eigenvalue weighted by molar-refractivity contribution is 6.12. The molecule has 0 fully saturated rings. The van der Waals surface area contributed by atoms with E-state index in [4.69, 9.17) is 16.5 Å². The summed E-state index contributed by atoms with van der Waals surface area (Å²) in [5, 5.41) is 30.7. The summed E-state index contributed by atoms with van der Waals surface area (Å²) in [5.74, 6) is 0.516. The van der Waals surface area contributed by atoms with Crippen LogP contribution in [0.2, 0.25) is 0 Å². The van der Waals surface area contributed by atoms with Crippen molar-refractivity contribution >= 4 is 61.6 Å². The van der Waals surface area contributed by atoms with Gasteiger partial charge in [-0.2, -0.15) is 15.8 Å². The summed E-state index contributed by atoms with van der Waals surface area (Å²) < 4.78 is 2.29. The van der Waals surface area contributed by atoms with Crippen LogP contribution in [0.25, 0.3) is 66.2 Å². The Morgan fingerprint density at radius 3 is 1.21 bits per heavy atom. The second-order valence-electron chi connectivity index (χ2n) is 16.8. The third-order valence-electron chi connectivity index (χ3n) is 12.5. The van der Waals surface area contributed by atoms with Gasteiger partial charge in [-0.3, -0.25) is 0 Å². The number of nitriles is 3. The first-order valence-electron chi connectivity index (χ1n) is 22.8. The normalized spacial score (nSPS) is 10.8. The minimum absolute atomic E-state index is 0.516. The molecule has 0 spiro atoms. The first-order chi connectivity index (χ1) is 35.0. The Balaban J connectivity index is 1.08. The highest BCUT2D eigenvalue weighted by Gasteiger charge is 2.21. The molecule has 9 aromatic carbocycles. The maximum absolute atomic E-state index is 9.65. The molecular weight excluding hydrogens is 871 g/mol. The molecule has 0 amide bonds. The highest BCUT2D eigenvalue weighted by Crippen LogP contribution is 2.43. The molecule has 330 valence electrons. The van der Waals surface area contributed by atoms with Gasteiger partial charge >= 0.3 is 0 Å². The van der Waals surface area contributed by atoms with Gasteiger partial charge in [0.1, 0.15) is 0 Å². The van der Waals surface area contributed by atoms with E-state index in [-0.39, 0.29) is 0 Å². The number of benzene rings is 9. The minimum Gasteiger partial charge on any atom is -0.311 e. The van der Waals surface area contributed by atoms with E-state index in [9.17, 15) is 15.8 Å². The Morgan fingerprint density at radius 1 is 0.394 bits per heavy atom. The predicted octanol–water partition coefficient (Wildman–Crippen LogP) is 15.7. The smallest absolute Gasteiger partial charge is 0.187 e. The standard InChI is InChI=1S/C62H37N9/c1-66-48-24-30-52(31-25-48)70(50-10-6-3-7-11-50)55-33-35-61-57(37-55)56-36-54(69(49-8-4-2-5-9-49)51-26-16-44(41-65)17-27-51)32-34-60(56)71(61)53-28-22-46(23-29-53)59-38-58(45-18-12-42(39-63)13-19-45)67-62(68-59)47-20-14-43(40-64)15-21-47/h2-38H. The number of nitrogens with zero attached hydrogens (tertiary/aromatic N) is 9. The fraction of sp³-hybridized carbons (Fsp3) is 0. The van der Waals surface area contributed by atoms with Gasteiger partial charge in [0.25, 0.3) is 0 Å². The van der Waals surface area contributed by atoms with Crippen LogP contribution in [0.3, 0.4) is 0 Å². The zero-order valence-corrected chi connectivity index (χ0v) is 37.9. The Bertz CT molecular complexity index is 3700. The monoisotopic (exact) mass is 907 g/mol. The first kappa shape index (κ1) is 43.0. The van der Waals surface area contributed by atoms with Gasteiger partial charge in [-0.15, -0.1) is 0 Å². The number of anilines is 6. The van der Waals surface area contributed by atoms with E-state index in [1.165, 1.54) is 0 Å².